The molecule has 16 heavy (non-hydrogen) atoms. The van der Waals surface area contributed by atoms with Crippen LogP contribution in [0.5, 0.6) is 0 Å². The van der Waals surface area contributed by atoms with Gasteiger partial charge in [0.15, 0.2) is 0 Å². The van der Waals surface area contributed by atoms with E-state index in [1.54, 1.807) is 0 Å². The van der Waals surface area contributed by atoms with E-state index in [9.17, 15) is 4.79 Å². The van der Waals surface area contributed by atoms with Crippen molar-refractivity contribution in [2.45, 2.75) is 24.9 Å². The molecule has 0 radical (unpaired) electrons. The second-order valence-corrected chi connectivity index (χ2v) is 4.23. The van der Waals surface area contributed by atoms with E-state index in [2.05, 4.69) is 10.6 Å². The summed E-state index contributed by atoms with van der Waals surface area (Å²) in [7, 11) is 0. The maximum absolute atomic E-state index is 11.5. The summed E-state index contributed by atoms with van der Waals surface area (Å²) in [5.41, 5.74) is 0.715. The number of nitrogens with one attached hydrogen (secondary N) is 2. The van der Waals surface area contributed by atoms with Gasteiger partial charge in [0.2, 0.25) is 0 Å². The van der Waals surface area contributed by atoms with Crippen LogP contribution >= 0.6 is 0 Å². The Labute approximate surface area is 94.7 Å². The van der Waals surface area contributed by atoms with Gasteiger partial charge >= 0.3 is 6.03 Å². The Kier molecular flexibility index (Phi) is 3.10. The van der Waals surface area contributed by atoms with E-state index < -0.39 is 0 Å². The molecule has 4 heteroatoms. The summed E-state index contributed by atoms with van der Waals surface area (Å²) in [4.78, 5) is 11.5. The summed E-state index contributed by atoms with van der Waals surface area (Å²) < 4.78 is 0. The molecular formula is C12H16N2O2. The second kappa shape index (κ2) is 4.53. The molecule has 0 atom stereocenters. The Morgan fingerprint density at radius 2 is 2.00 bits per heavy atom. The Balaban J connectivity index is 1.76. The third kappa shape index (κ3) is 2.73. The largest absolute Gasteiger partial charge is 0.394 e. The number of hydrogen-bond donors (Lipinski definition) is 3. The molecule has 3 N–H and O–H groups in total. The molecule has 0 unspecified atom stereocenters. The Morgan fingerprint density at radius 3 is 2.56 bits per heavy atom. The van der Waals surface area contributed by atoms with E-state index in [1.165, 1.54) is 0 Å². The van der Waals surface area contributed by atoms with E-state index in [4.69, 9.17) is 5.11 Å². The van der Waals surface area contributed by atoms with Gasteiger partial charge in [0, 0.05) is 6.54 Å². The van der Waals surface area contributed by atoms with E-state index in [-0.39, 0.29) is 18.2 Å². The van der Waals surface area contributed by atoms with E-state index in [0.29, 0.717) is 6.54 Å². The van der Waals surface area contributed by atoms with Crippen LogP contribution in [0.1, 0.15) is 18.4 Å². The minimum Gasteiger partial charge on any atom is -0.394 e. The van der Waals surface area contributed by atoms with Crippen molar-refractivity contribution in [3.63, 3.8) is 0 Å². The fourth-order valence-electron chi connectivity index (χ4n) is 1.54. The van der Waals surface area contributed by atoms with Gasteiger partial charge in [-0.25, -0.2) is 4.79 Å². The van der Waals surface area contributed by atoms with Crippen molar-refractivity contribution in [1.82, 2.24) is 10.6 Å². The first-order valence-corrected chi connectivity index (χ1v) is 5.45. The zero-order chi connectivity index (χ0) is 11.4. The van der Waals surface area contributed by atoms with Crippen LogP contribution in [0.3, 0.4) is 0 Å². The summed E-state index contributed by atoms with van der Waals surface area (Å²) in [6, 6.07) is 9.51. The molecule has 0 heterocycles. The van der Waals surface area contributed by atoms with Gasteiger partial charge < -0.3 is 15.7 Å². The lowest BCUT2D eigenvalue weighted by atomic mass is 10.2. The highest BCUT2D eigenvalue weighted by molar-refractivity contribution is 5.75. The Hall–Kier alpha value is -1.55. The van der Waals surface area contributed by atoms with E-state index >= 15 is 0 Å². The molecule has 4 nitrogen and oxygen atoms in total. The van der Waals surface area contributed by atoms with Crippen LogP contribution in [0.25, 0.3) is 0 Å². The molecule has 2 rings (SSSR count). The first kappa shape index (κ1) is 11.0. The highest BCUT2D eigenvalue weighted by atomic mass is 16.3. The summed E-state index contributed by atoms with van der Waals surface area (Å²) in [6.45, 7) is 0.528. The van der Waals surface area contributed by atoms with Crippen molar-refractivity contribution >= 4 is 6.03 Å². The van der Waals surface area contributed by atoms with Gasteiger partial charge in [-0.05, 0) is 18.4 Å². The first-order valence-electron chi connectivity index (χ1n) is 5.45. The van der Waals surface area contributed by atoms with Crippen molar-refractivity contribution in [2.75, 3.05) is 6.61 Å². The molecule has 1 fully saturated rings. The van der Waals surface area contributed by atoms with Crippen LogP contribution in [0, 0.1) is 0 Å². The zero-order valence-corrected chi connectivity index (χ0v) is 9.07. The fourth-order valence-corrected chi connectivity index (χ4v) is 1.54. The average Bonchev–Trinajstić information content (AvgIpc) is 3.08. The van der Waals surface area contributed by atoms with Crippen LogP contribution < -0.4 is 10.6 Å². The highest BCUT2D eigenvalue weighted by Gasteiger charge is 2.43. The predicted octanol–water partition coefficient (Wildman–Crippen LogP) is 1.01. The third-order valence-corrected chi connectivity index (χ3v) is 2.83. The topological polar surface area (TPSA) is 61.4 Å². The monoisotopic (exact) mass is 220 g/mol. The molecule has 0 aliphatic heterocycles. The number of aliphatic hydroxyl groups excluding tert-OH is 1. The smallest absolute Gasteiger partial charge is 0.315 e. The van der Waals surface area contributed by atoms with Crippen molar-refractivity contribution in [3.05, 3.63) is 35.9 Å². The van der Waals surface area contributed by atoms with Crippen molar-refractivity contribution in [1.29, 1.82) is 0 Å². The van der Waals surface area contributed by atoms with E-state index in [0.717, 1.165) is 18.4 Å². The standard InChI is InChI=1S/C12H16N2O2/c15-9-12(6-7-12)14-11(16)13-8-10-4-2-1-3-5-10/h1-5,15H,6-9H2,(H2,13,14,16). The van der Waals surface area contributed by atoms with Crippen LogP contribution in [0.2, 0.25) is 0 Å². The van der Waals surface area contributed by atoms with Gasteiger partial charge in [-0.1, -0.05) is 30.3 Å². The molecule has 86 valence electrons. The predicted molar refractivity (Wildman–Crippen MR) is 60.9 cm³/mol. The van der Waals surface area contributed by atoms with Crippen molar-refractivity contribution in [3.8, 4) is 0 Å². The van der Waals surface area contributed by atoms with Gasteiger partial charge in [0.25, 0.3) is 0 Å². The average molecular weight is 220 g/mol. The molecule has 1 aliphatic rings. The van der Waals surface area contributed by atoms with Gasteiger partial charge in [-0.15, -0.1) is 0 Å². The molecule has 1 aromatic carbocycles. The molecular weight excluding hydrogens is 204 g/mol. The minimum atomic E-state index is -0.346. The van der Waals surface area contributed by atoms with Crippen molar-refractivity contribution < 1.29 is 9.90 Å². The van der Waals surface area contributed by atoms with Crippen LogP contribution in [0.4, 0.5) is 4.79 Å². The second-order valence-electron chi connectivity index (χ2n) is 4.23. The van der Waals surface area contributed by atoms with Crippen LogP contribution in [-0.2, 0) is 6.54 Å². The molecule has 0 bridgehead atoms. The minimum absolute atomic E-state index is 0.0196. The third-order valence-electron chi connectivity index (χ3n) is 2.83. The number of rotatable bonds is 4. The van der Waals surface area contributed by atoms with E-state index in [1.807, 2.05) is 30.3 Å². The zero-order valence-electron chi connectivity index (χ0n) is 9.07. The number of carbonyl (C=O) groups is 1. The number of benzene rings is 1. The maximum Gasteiger partial charge on any atom is 0.315 e. The Morgan fingerprint density at radius 1 is 1.31 bits per heavy atom. The lowest BCUT2D eigenvalue weighted by Gasteiger charge is -2.14. The molecule has 0 spiro atoms. The van der Waals surface area contributed by atoms with Gasteiger partial charge in [-0.2, -0.15) is 0 Å². The summed E-state index contributed by atoms with van der Waals surface area (Å²) in [5, 5.41) is 14.6. The Bertz CT molecular complexity index is 361. The molecule has 0 aromatic heterocycles. The maximum atomic E-state index is 11.5. The SMILES string of the molecule is O=C(NCc1ccccc1)NC1(CO)CC1. The van der Waals surface area contributed by atoms with Gasteiger partial charge in [0.05, 0.1) is 12.1 Å². The van der Waals surface area contributed by atoms with Crippen LogP contribution in [0.15, 0.2) is 30.3 Å². The quantitative estimate of drug-likeness (QED) is 0.709. The lowest BCUT2D eigenvalue weighted by Crippen LogP contribution is -2.45. The molecule has 0 saturated heterocycles. The number of hydrogen-bond acceptors (Lipinski definition) is 2. The van der Waals surface area contributed by atoms with Crippen LogP contribution in [-0.4, -0.2) is 23.3 Å². The number of amides is 2. The molecule has 1 saturated carbocycles. The highest BCUT2D eigenvalue weighted by Crippen LogP contribution is 2.34. The number of carbonyl (C=O) groups excluding carboxylic acids is 1. The lowest BCUT2D eigenvalue weighted by molar-refractivity contribution is 0.209. The number of aliphatic hydroxyl groups is 1. The normalized spacial score (nSPS) is 16.6. The van der Waals surface area contributed by atoms with Gasteiger partial charge in [-0.3, -0.25) is 0 Å². The first-order chi connectivity index (χ1) is 7.74. The fraction of sp³-hybridized carbons (Fsp3) is 0.417. The molecule has 1 aliphatic carbocycles. The molecule has 2 amide bonds. The summed E-state index contributed by atoms with van der Waals surface area (Å²) >= 11 is 0. The van der Waals surface area contributed by atoms with Gasteiger partial charge in [0.1, 0.15) is 0 Å². The summed E-state index contributed by atoms with van der Waals surface area (Å²) in [6.07, 6.45) is 1.73. The van der Waals surface area contributed by atoms with Crippen molar-refractivity contribution in [2.24, 2.45) is 0 Å². The molecule has 1 aromatic rings. The summed E-state index contributed by atoms with van der Waals surface area (Å²) in [5.74, 6) is 0. The number of urea groups is 1.